The molecule has 1 fully saturated rings. The maximum Gasteiger partial charge on any atom is 0.411 e. The van der Waals surface area contributed by atoms with Crippen molar-refractivity contribution < 1.29 is 19.4 Å². The van der Waals surface area contributed by atoms with E-state index in [2.05, 4.69) is 0 Å². The highest BCUT2D eigenvalue weighted by atomic mass is 35.5. The van der Waals surface area contributed by atoms with Gasteiger partial charge in [-0.3, -0.25) is 9.80 Å². The van der Waals surface area contributed by atoms with Crippen molar-refractivity contribution in [2.24, 2.45) is 0 Å². The normalized spacial score (nSPS) is 19.2. The van der Waals surface area contributed by atoms with Gasteiger partial charge in [0.2, 0.25) is 0 Å². The van der Waals surface area contributed by atoms with Gasteiger partial charge in [0, 0.05) is 31.2 Å². The monoisotopic (exact) mass is 354 g/mol. The smallest absolute Gasteiger partial charge is 0.411 e. The molecule has 0 aliphatic carbocycles. The molecule has 24 heavy (non-hydrogen) atoms. The minimum Gasteiger partial charge on any atom is -0.480 e. The highest BCUT2D eigenvalue weighted by Crippen LogP contribution is 2.21. The molecule has 1 aliphatic heterocycles. The lowest BCUT2D eigenvalue weighted by Gasteiger charge is -2.39. The molecule has 7 heteroatoms. The number of carbonyl (C=O) groups excluding carboxylic acids is 1. The molecule has 1 atom stereocenters. The Bertz CT molecular complexity index is 615. The van der Waals surface area contributed by atoms with E-state index in [1.165, 1.54) is 4.90 Å². The van der Waals surface area contributed by atoms with Gasteiger partial charge >= 0.3 is 12.1 Å². The van der Waals surface area contributed by atoms with Crippen LogP contribution in [0.2, 0.25) is 5.02 Å². The van der Waals surface area contributed by atoms with E-state index in [1.54, 1.807) is 20.8 Å². The molecular formula is C17H23ClN2O4. The first kappa shape index (κ1) is 18.5. The predicted octanol–water partition coefficient (Wildman–Crippen LogP) is 2.85. The zero-order valence-electron chi connectivity index (χ0n) is 14.2. The molecule has 0 bridgehead atoms. The first-order valence-corrected chi connectivity index (χ1v) is 8.23. The third-order valence-corrected chi connectivity index (χ3v) is 4.10. The first-order valence-electron chi connectivity index (χ1n) is 7.85. The minimum atomic E-state index is -1.04. The Labute approximate surface area is 146 Å². The number of carboxylic acids is 1. The van der Waals surface area contributed by atoms with Gasteiger partial charge in [0.15, 0.2) is 0 Å². The van der Waals surface area contributed by atoms with Crippen LogP contribution in [0, 0.1) is 0 Å². The second kappa shape index (κ2) is 7.40. The number of aliphatic carboxylic acids is 1. The Balaban J connectivity index is 2.06. The summed E-state index contributed by atoms with van der Waals surface area (Å²) >= 11 is 6.17. The average molecular weight is 355 g/mol. The van der Waals surface area contributed by atoms with E-state index in [4.69, 9.17) is 16.3 Å². The molecule has 1 aliphatic rings. The number of carbonyl (C=O) groups is 2. The van der Waals surface area contributed by atoms with Gasteiger partial charge in [0.05, 0.1) is 0 Å². The molecule has 0 spiro atoms. The maximum absolute atomic E-state index is 12.2. The maximum atomic E-state index is 12.2. The number of carboxylic acid groups (broad SMARTS) is 1. The van der Waals surface area contributed by atoms with Gasteiger partial charge in [-0.05, 0) is 32.4 Å². The lowest BCUT2D eigenvalue weighted by molar-refractivity contribution is -0.145. The van der Waals surface area contributed by atoms with Crippen molar-refractivity contribution in [2.45, 2.75) is 39.0 Å². The van der Waals surface area contributed by atoms with E-state index in [0.717, 1.165) is 5.56 Å². The summed E-state index contributed by atoms with van der Waals surface area (Å²) in [5.74, 6) is -1.04. The summed E-state index contributed by atoms with van der Waals surface area (Å²) in [4.78, 5) is 27.1. The van der Waals surface area contributed by atoms with Crippen LogP contribution in [-0.2, 0) is 16.1 Å². The lowest BCUT2D eigenvalue weighted by atomic mass is 10.1. The molecule has 0 saturated carbocycles. The van der Waals surface area contributed by atoms with Crippen molar-refractivity contribution >= 4 is 23.7 Å². The second-order valence-corrected chi connectivity index (χ2v) is 7.26. The highest BCUT2D eigenvalue weighted by Gasteiger charge is 2.37. The van der Waals surface area contributed by atoms with Crippen molar-refractivity contribution in [1.82, 2.24) is 9.80 Å². The van der Waals surface area contributed by atoms with Gasteiger partial charge in [0.1, 0.15) is 11.6 Å². The summed E-state index contributed by atoms with van der Waals surface area (Å²) in [6.07, 6.45) is -0.590. The lowest BCUT2D eigenvalue weighted by Crippen LogP contribution is -2.58. The Kier molecular flexibility index (Phi) is 5.72. The van der Waals surface area contributed by atoms with Crippen LogP contribution in [0.3, 0.4) is 0 Å². The van der Waals surface area contributed by atoms with Crippen LogP contribution in [0.5, 0.6) is 0 Å². The Hall–Kier alpha value is -1.79. The number of nitrogens with zero attached hydrogens (tertiary/aromatic N) is 2. The number of benzene rings is 1. The Morgan fingerprint density at radius 2 is 1.96 bits per heavy atom. The zero-order valence-corrected chi connectivity index (χ0v) is 14.9. The third kappa shape index (κ3) is 4.85. The molecular weight excluding hydrogens is 332 g/mol. The van der Waals surface area contributed by atoms with Crippen LogP contribution in [0.15, 0.2) is 24.3 Å². The van der Waals surface area contributed by atoms with E-state index in [9.17, 15) is 14.7 Å². The fourth-order valence-corrected chi connectivity index (χ4v) is 2.80. The van der Waals surface area contributed by atoms with Crippen molar-refractivity contribution in [3.8, 4) is 0 Å². The van der Waals surface area contributed by atoms with Crippen molar-refractivity contribution in [3.05, 3.63) is 34.9 Å². The van der Waals surface area contributed by atoms with Gasteiger partial charge in [-0.2, -0.15) is 0 Å². The largest absolute Gasteiger partial charge is 0.480 e. The number of piperazine rings is 1. The number of rotatable bonds is 3. The molecule has 1 amide bonds. The molecule has 1 heterocycles. The van der Waals surface area contributed by atoms with Crippen LogP contribution in [0.1, 0.15) is 26.3 Å². The Morgan fingerprint density at radius 1 is 1.29 bits per heavy atom. The molecule has 1 aromatic rings. The molecule has 0 aromatic heterocycles. The standard InChI is InChI=1S/C17H23ClN2O4/c1-17(2,3)24-16(23)20-9-8-19(11-14(20)15(21)22)10-12-6-4-5-7-13(12)18/h4-7,14H,8-11H2,1-3H3,(H,21,22). The number of ether oxygens (including phenoxy) is 1. The van der Waals surface area contributed by atoms with Gasteiger partial charge in [-0.15, -0.1) is 0 Å². The molecule has 6 nitrogen and oxygen atoms in total. The average Bonchev–Trinajstić information content (AvgIpc) is 2.47. The predicted molar refractivity (Wildman–Crippen MR) is 91.1 cm³/mol. The number of amides is 1. The molecule has 1 saturated heterocycles. The summed E-state index contributed by atoms with van der Waals surface area (Å²) in [5, 5.41) is 10.1. The minimum absolute atomic E-state index is 0.236. The van der Waals surface area contributed by atoms with Crippen molar-refractivity contribution in [3.63, 3.8) is 0 Å². The highest BCUT2D eigenvalue weighted by molar-refractivity contribution is 6.31. The molecule has 132 valence electrons. The second-order valence-electron chi connectivity index (χ2n) is 6.85. The topological polar surface area (TPSA) is 70.1 Å². The number of hydrogen-bond donors (Lipinski definition) is 1. The fourth-order valence-electron chi connectivity index (χ4n) is 2.60. The number of hydrogen-bond acceptors (Lipinski definition) is 4. The molecule has 1 unspecified atom stereocenters. The van der Waals surface area contributed by atoms with Crippen molar-refractivity contribution in [2.75, 3.05) is 19.6 Å². The van der Waals surface area contributed by atoms with Crippen molar-refractivity contribution in [1.29, 1.82) is 0 Å². The summed E-state index contributed by atoms with van der Waals surface area (Å²) in [7, 11) is 0. The van der Waals surface area contributed by atoms with Crippen LogP contribution < -0.4 is 0 Å². The van der Waals surface area contributed by atoms with Crippen LogP contribution in [0.25, 0.3) is 0 Å². The zero-order chi connectivity index (χ0) is 17.9. The van der Waals surface area contributed by atoms with Gasteiger partial charge in [-0.25, -0.2) is 9.59 Å². The van der Waals surface area contributed by atoms with Gasteiger partial charge < -0.3 is 9.84 Å². The van der Waals surface area contributed by atoms with Crippen LogP contribution in [0.4, 0.5) is 4.79 Å². The number of halogens is 1. The SMILES string of the molecule is CC(C)(C)OC(=O)N1CCN(Cc2ccccc2Cl)CC1C(=O)O. The molecule has 1 N–H and O–H groups in total. The summed E-state index contributed by atoms with van der Waals surface area (Å²) < 4.78 is 5.31. The van der Waals surface area contributed by atoms with E-state index in [0.29, 0.717) is 24.7 Å². The van der Waals surface area contributed by atoms with E-state index in [-0.39, 0.29) is 6.54 Å². The molecule has 2 rings (SSSR count). The molecule has 1 aromatic carbocycles. The third-order valence-electron chi connectivity index (χ3n) is 3.73. The van der Waals surface area contributed by atoms with E-state index >= 15 is 0 Å². The summed E-state index contributed by atoms with van der Waals surface area (Å²) in [6.45, 7) is 6.92. The van der Waals surface area contributed by atoms with E-state index in [1.807, 2.05) is 29.2 Å². The molecule has 0 radical (unpaired) electrons. The summed E-state index contributed by atoms with van der Waals surface area (Å²) in [6, 6.07) is 6.54. The van der Waals surface area contributed by atoms with E-state index < -0.39 is 23.7 Å². The van der Waals surface area contributed by atoms with Crippen LogP contribution in [-0.4, -0.2) is 58.2 Å². The Morgan fingerprint density at radius 3 is 2.54 bits per heavy atom. The van der Waals surface area contributed by atoms with Crippen LogP contribution >= 0.6 is 11.6 Å². The fraction of sp³-hybridized carbons (Fsp3) is 0.529. The van der Waals surface area contributed by atoms with Gasteiger partial charge in [-0.1, -0.05) is 29.8 Å². The van der Waals surface area contributed by atoms with Gasteiger partial charge in [0.25, 0.3) is 0 Å². The summed E-state index contributed by atoms with van der Waals surface area (Å²) in [5.41, 5.74) is 0.281. The quantitative estimate of drug-likeness (QED) is 0.903. The first-order chi connectivity index (χ1) is 11.2.